The molecule has 0 bridgehead atoms. The van der Waals surface area contributed by atoms with E-state index in [2.05, 4.69) is 20.7 Å². The lowest BCUT2D eigenvalue weighted by Gasteiger charge is -2.15. The molecule has 0 atom stereocenters. The van der Waals surface area contributed by atoms with Crippen molar-refractivity contribution >= 4 is 37.5 Å². The number of benzene rings is 2. The summed E-state index contributed by atoms with van der Waals surface area (Å²) in [5.74, 6) is -0.224. The van der Waals surface area contributed by atoms with Gasteiger partial charge in [-0.1, -0.05) is 15.9 Å². The summed E-state index contributed by atoms with van der Waals surface area (Å²) in [5.41, 5.74) is 0.783. The topological polar surface area (TPSA) is 90.3 Å². The van der Waals surface area contributed by atoms with E-state index >= 15 is 0 Å². The van der Waals surface area contributed by atoms with Crippen LogP contribution < -0.4 is 4.72 Å². The average Bonchev–Trinajstić information content (AvgIpc) is 2.59. The second kappa shape index (κ2) is 8.14. The molecule has 2 aromatic carbocycles. The van der Waals surface area contributed by atoms with Crippen LogP contribution in [0.15, 0.2) is 57.9 Å². The molecule has 1 N–H and O–H groups in total. The van der Waals surface area contributed by atoms with Crippen molar-refractivity contribution in [1.29, 1.82) is 5.26 Å². The average molecular weight is 422 g/mol. The van der Waals surface area contributed by atoms with Gasteiger partial charge in [0.15, 0.2) is 0 Å². The Bertz CT molecular complexity index is 888. The van der Waals surface area contributed by atoms with Crippen molar-refractivity contribution in [3.63, 3.8) is 0 Å². The number of amides is 1. The summed E-state index contributed by atoms with van der Waals surface area (Å²) in [5, 5.41) is 8.57. The van der Waals surface area contributed by atoms with Gasteiger partial charge in [0.1, 0.15) is 0 Å². The van der Waals surface area contributed by atoms with Crippen LogP contribution in [0.1, 0.15) is 16.8 Å². The number of anilines is 1. The van der Waals surface area contributed by atoms with Gasteiger partial charge in [0.2, 0.25) is 0 Å². The third kappa shape index (κ3) is 5.05. The normalized spacial score (nSPS) is 10.8. The summed E-state index contributed by atoms with van der Waals surface area (Å²) in [4.78, 5) is 13.8. The van der Waals surface area contributed by atoms with Crippen LogP contribution in [-0.4, -0.2) is 32.8 Å². The molecule has 130 valence electrons. The van der Waals surface area contributed by atoms with Crippen molar-refractivity contribution in [1.82, 2.24) is 4.90 Å². The lowest BCUT2D eigenvalue weighted by atomic mass is 10.2. The first-order valence-corrected chi connectivity index (χ1v) is 9.62. The van der Waals surface area contributed by atoms with Crippen LogP contribution in [0.3, 0.4) is 0 Å². The number of rotatable bonds is 6. The van der Waals surface area contributed by atoms with Crippen LogP contribution in [-0.2, 0) is 10.0 Å². The fraction of sp³-hybridized carbons (Fsp3) is 0.176. The molecule has 0 heterocycles. The van der Waals surface area contributed by atoms with Gasteiger partial charge in [0.05, 0.1) is 17.4 Å². The first-order chi connectivity index (χ1) is 11.8. The second-order valence-electron chi connectivity index (χ2n) is 5.27. The van der Waals surface area contributed by atoms with Gasteiger partial charge in [-0.25, -0.2) is 8.42 Å². The van der Waals surface area contributed by atoms with Crippen molar-refractivity contribution in [3.8, 4) is 6.07 Å². The van der Waals surface area contributed by atoms with E-state index in [1.54, 1.807) is 31.3 Å². The second-order valence-corrected chi connectivity index (χ2v) is 7.87. The number of nitriles is 1. The molecule has 0 aliphatic carbocycles. The minimum Gasteiger partial charge on any atom is -0.341 e. The molecule has 0 spiro atoms. The molecule has 6 nitrogen and oxygen atoms in total. The zero-order valence-electron chi connectivity index (χ0n) is 13.4. The van der Waals surface area contributed by atoms with E-state index in [4.69, 9.17) is 5.26 Å². The van der Waals surface area contributed by atoms with Crippen LogP contribution in [0.2, 0.25) is 0 Å². The van der Waals surface area contributed by atoms with Gasteiger partial charge in [0, 0.05) is 29.3 Å². The minimum atomic E-state index is -3.69. The Morgan fingerprint density at radius 1 is 1.16 bits per heavy atom. The molecule has 0 radical (unpaired) electrons. The Morgan fingerprint density at radius 3 is 2.32 bits per heavy atom. The number of carbonyl (C=O) groups is 1. The smallest absolute Gasteiger partial charge is 0.261 e. The summed E-state index contributed by atoms with van der Waals surface area (Å²) in [6.07, 6.45) is 0.257. The Labute approximate surface area is 155 Å². The molecular weight excluding hydrogens is 406 g/mol. The first-order valence-electron chi connectivity index (χ1n) is 7.34. The van der Waals surface area contributed by atoms with Crippen LogP contribution in [0.5, 0.6) is 0 Å². The molecule has 0 aromatic heterocycles. The number of hydrogen-bond donors (Lipinski definition) is 1. The first kappa shape index (κ1) is 19.0. The molecule has 2 aromatic rings. The highest BCUT2D eigenvalue weighted by Gasteiger charge is 2.15. The van der Waals surface area contributed by atoms with E-state index in [-0.39, 0.29) is 17.2 Å². The molecule has 0 fully saturated rings. The number of carbonyl (C=O) groups excluding carboxylic acids is 1. The third-order valence-corrected chi connectivity index (χ3v) is 5.34. The zero-order valence-corrected chi connectivity index (χ0v) is 15.8. The highest BCUT2D eigenvalue weighted by molar-refractivity contribution is 9.10. The lowest BCUT2D eigenvalue weighted by molar-refractivity contribution is 0.0798. The van der Waals surface area contributed by atoms with Gasteiger partial charge in [0.25, 0.3) is 15.9 Å². The third-order valence-electron chi connectivity index (χ3n) is 3.41. The van der Waals surface area contributed by atoms with Gasteiger partial charge in [-0.2, -0.15) is 5.26 Å². The van der Waals surface area contributed by atoms with Crippen molar-refractivity contribution in [2.24, 2.45) is 0 Å². The standard InChI is InChI=1S/C17H16BrN3O3S/c1-21(12-2-11-19)17(22)13-3-7-15(8-4-13)20-25(23,24)16-9-5-14(18)6-10-16/h3-10,20H,2,12H2,1H3. The molecule has 0 saturated carbocycles. The maximum Gasteiger partial charge on any atom is 0.261 e. The Morgan fingerprint density at radius 2 is 1.76 bits per heavy atom. The van der Waals surface area contributed by atoms with E-state index in [0.29, 0.717) is 17.8 Å². The summed E-state index contributed by atoms with van der Waals surface area (Å²) < 4.78 is 27.9. The minimum absolute atomic E-state index is 0.145. The lowest BCUT2D eigenvalue weighted by Crippen LogP contribution is -2.27. The van der Waals surface area contributed by atoms with Crippen LogP contribution >= 0.6 is 15.9 Å². The molecule has 1 amide bonds. The largest absolute Gasteiger partial charge is 0.341 e. The maximum absolute atomic E-state index is 12.3. The van der Waals surface area contributed by atoms with E-state index < -0.39 is 10.0 Å². The van der Waals surface area contributed by atoms with E-state index in [0.717, 1.165) is 4.47 Å². The maximum atomic E-state index is 12.3. The van der Waals surface area contributed by atoms with Gasteiger partial charge in [-0.05, 0) is 48.5 Å². The number of nitrogens with one attached hydrogen (secondary N) is 1. The highest BCUT2D eigenvalue weighted by atomic mass is 79.9. The summed E-state index contributed by atoms with van der Waals surface area (Å²) in [6, 6.07) is 14.4. The molecular formula is C17H16BrN3O3S. The van der Waals surface area contributed by atoms with Crippen LogP contribution in [0.25, 0.3) is 0 Å². The summed E-state index contributed by atoms with van der Waals surface area (Å²) in [7, 11) is -2.08. The number of sulfonamides is 1. The van der Waals surface area contributed by atoms with Crippen LogP contribution in [0.4, 0.5) is 5.69 Å². The Balaban J connectivity index is 2.11. The fourth-order valence-corrected chi connectivity index (χ4v) is 3.37. The fourth-order valence-electron chi connectivity index (χ4n) is 2.05. The van der Waals surface area contributed by atoms with Gasteiger partial charge >= 0.3 is 0 Å². The number of hydrogen-bond acceptors (Lipinski definition) is 4. The van der Waals surface area contributed by atoms with Crippen molar-refractivity contribution in [2.75, 3.05) is 18.3 Å². The van der Waals surface area contributed by atoms with Crippen LogP contribution in [0, 0.1) is 11.3 Å². The SMILES string of the molecule is CN(CCC#N)C(=O)c1ccc(NS(=O)(=O)c2ccc(Br)cc2)cc1. The molecule has 0 saturated heterocycles. The quantitative estimate of drug-likeness (QED) is 0.774. The monoisotopic (exact) mass is 421 g/mol. The number of halogens is 1. The van der Waals surface area contributed by atoms with E-state index in [9.17, 15) is 13.2 Å². The Hall–Kier alpha value is -2.37. The molecule has 8 heteroatoms. The van der Waals surface area contributed by atoms with Gasteiger partial charge < -0.3 is 4.90 Å². The van der Waals surface area contributed by atoms with E-state index in [1.807, 2.05) is 6.07 Å². The molecule has 25 heavy (non-hydrogen) atoms. The summed E-state index contributed by atoms with van der Waals surface area (Å²) >= 11 is 3.26. The van der Waals surface area contributed by atoms with Gasteiger partial charge in [-0.15, -0.1) is 0 Å². The summed E-state index contributed by atoms with van der Waals surface area (Å²) in [6.45, 7) is 0.341. The van der Waals surface area contributed by atoms with Crippen molar-refractivity contribution in [3.05, 3.63) is 58.6 Å². The zero-order chi connectivity index (χ0) is 18.4. The molecule has 0 aliphatic rings. The highest BCUT2D eigenvalue weighted by Crippen LogP contribution is 2.19. The molecule has 0 aliphatic heterocycles. The number of nitrogens with zero attached hydrogens (tertiary/aromatic N) is 2. The Kier molecular flexibility index (Phi) is 6.17. The van der Waals surface area contributed by atoms with Crippen molar-refractivity contribution in [2.45, 2.75) is 11.3 Å². The van der Waals surface area contributed by atoms with Gasteiger partial charge in [-0.3, -0.25) is 9.52 Å². The van der Waals surface area contributed by atoms with E-state index in [1.165, 1.54) is 29.2 Å². The van der Waals surface area contributed by atoms with Crippen molar-refractivity contribution < 1.29 is 13.2 Å². The predicted molar refractivity (Wildman–Crippen MR) is 98.6 cm³/mol. The molecule has 2 rings (SSSR count). The molecule has 0 unspecified atom stereocenters. The predicted octanol–water partition coefficient (Wildman–Crippen LogP) is 3.24.